The van der Waals surface area contributed by atoms with E-state index in [-0.39, 0.29) is 91.1 Å². The Balaban J connectivity index is 0.926. The van der Waals surface area contributed by atoms with E-state index in [1.165, 1.54) is 35.1 Å². The number of ether oxygens (including phenoxy) is 1. The molecule has 0 aromatic heterocycles. The molecular formula is C80H93NO9. The third-order valence-corrected chi connectivity index (χ3v) is 30.3. The molecule has 7 N–H and O–H groups in total. The molecule has 10 heteroatoms. The molecule has 472 valence electrons. The summed E-state index contributed by atoms with van der Waals surface area (Å²) in [7, 11) is 1.96. The van der Waals surface area contributed by atoms with Crippen molar-refractivity contribution in [1.29, 1.82) is 0 Å². The van der Waals surface area contributed by atoms with Gasteiger partial charge in [-0.05, 0) is 233 Å². The number of hydrogen-bond acceptors (Lipinski definition) is 10. The second kappa shape index (κ2) is 20.3. The minimum absolute atomic E-state index is 0.0159. The van der Waals surface area contributed by atoms with Gasteiger partial charge in [0.15, 0.2) is 0 Å². The third-order valence-electron chi connectivity index (χ3n) is 30.3. The molecule has 10 fully saturated rings. The van der Waals surface area contributed by atoms with Gasteiger partial charge in [0.1, 0.15) is 23.6 Å². The van der Waals surface area contributed by atoms with Crippen LogP contribution in [0.2, 0.25) is 0 Å². The second-order valence-corrected chi connectivity index (χ2v) is 33.3. The van der Waals surface area contributed by atoms with Crippen molar-refractivity contribution >= 4 is 12.3 Å². The van der Waals surface area contributed by atoms with Gasteiger partial charge in [0.25, 0.3) is 0 Å². The van der Waals surface area contributed by atoms with Crippen molar-refractivity contribution in [2.45, 2.75) is 201 Å². The molecule has 3 aromatic carbocycles. The van der Waals surface area contributed by atoms with Crippen LogP contribution in [0.3, 0.4) is 0 Å². The smallest absolute Gasteiger partial charge is 0.331 e. The fraction of sp³-hybridized carbons (Fsp3) is 0.650. The molecule has 16 aliphatic rings. The molecule has 90 heavy (non-hydrogen) atoms. The van der Waals surface area contributed by atoms with Gasteiger partial charge in [0.05, 0.1) is 29.8 Å². The predicted octanol–water partition coefficient (Wildman–Crippen LogP) is 10.3. The van der Waals surface area contributed by atoms with Crippen molar-refractivity contribution in [3.63, 3.8) is 0 Å². The Labute approximate surface area is 531 Å². The highest BCUT2D eigenvalue weighted by Crippen LogP contribution is 2.82. The monoisotopic (exact) mass is 1210 g/mol. The number of hydrogen-bond donors (Lipinski definition) is 7. The van der Waals surface area contributed by atoms with Gasteiger partial charge in [-0.1, -0.05) is 116 Å². The minimum Gasteiger partial charge on any atom is -0.454 e. The van der Waals surface area contributed by atoms with E-state index in [0.29, 0.717) is 57.3 Å². The summed E-state index contributed by atoms with van der Waals surface area (Å²) < 4.78 is 6.67. The van der Waals surface area contributed by atoms with Gasteiger partial charge in [-0.2, -0.15) is 0 Å². The van der Waals surface area contributed by atoms with Crippen molar-refractivity contribution in [3.05, 3.63) is 129 Å². The lowest BCUT2D eigenvalue weighted by molar-refractivity contribution is -0.392. The highest BCUT2D eigenvalue weighted by molar-refractivity contribution is 5.86. The van der Waals surface area contributed by atoms with Crippen LogP contribution in [0.25, 0.3) is 0 Å². The SMILES string of the molecule is CNC1Cc2c(cccc2CO)C#CC23CCC(Cc4cccc(c4)Cc4cccc(c4)C4CCC5C6CCC57CC5(C=O)C8C(C#CCC46)CC4(C2)C2C6=CC(=O)OC6C1CC2CC4(O)C8(O)C(O)C1CC2C(C=CCC2C2CCCC2)CC(C7O)C15O)C3. The Morgan fingerprint density at radius 2 is 1.57 bits per heavy atom. The summed E-state index contributed by atoms with van der Waals surface area (Å²) in [5, 5.41) is 90.9. The maximum atomic E-state index is 16.2. The lowest BCUT2D eigenvalue weighted by atomic mass is 9.30. The molecule has 15 aliphatic carbocycles. The van der Waals surface area contributed by atoms with Gasteiger partial charge in [0.2, 0.25) is 0 Å². The Kier molecular flexibility index (Phi) is 13.0. The average Bonchev–Trinajstić information content (AvgIpc) is 1.20. The number of likely N-dealkylation sites (N-methyl/N-ethyl adjacent to an activating group) is 1. The van der Waals surface area contributed by atoms with E-state index in [4.69, 9.17) is 4.74 Å². The van der Waals surface area contributed by atoms with Gasteiger partial charge >= 0.3 is 5.97 Å². The topological polar surface area (TPSA) is 177 Å². The zero-order valence-corrected chi connectivity index (χ0v) is 52.6. The normalized spacial score (nSPS) is 49.3. The molecule has 10 nitrogen and oxygen atoms in total. The van der Waals surface area contributed by atoms with Gasteiger partial charge in [-0.3, -0.25) is 0 Å². The molecule has 1 aliphatic heterocycles. The van der Waals surface area contributed by atoms with Crippen molar-refractivity contribution in [3.8, 4) is 23.7 Å². The van der Waals surface area contributed by atoms with Gasteiger partial charge in [0, 0.05) is 69.9 Å². The summed E-state index contributed by atoms with van der Waals surface area (Å²) in [6, 6.07) is 24.3. The van der Waals surface area contributed by atoms with Crippen LogP contribution in [0.5, 0.6) is 0 Å². The zero-order valence-electron chi connectivity index (χ0n) is 52.6. The van der Waals surface area contributed by atoms with E-state index < -0.39 is 92.3 Å². The number of fused-ring (bicyclic) bond motifs is 10. The standard InChI is InChI=1S/C80H93NO9/c1-81-67-36-60-50(14-6-18-54(60)41-82)24-27-74-26-23-48(38-74)31-46-10-4-9-45(29-46)30-47-11-5-15-51(32-47)57-21-22-64-59-25-28-75(64)43-77(44-83)71-53(17-8-20-58(57)59)39-76(42-74)69-55(33-62(67)70-63(69)37-68(84)90-70)40-78(76,87)80(71,89)73(86)66-35-61-52(34-65(72(75)85)79(66,77)88)16-7-19-56(61)49-12-2-3-13-49/h4-7,9-11,14-16,18,29,32,37,44,48-49,52-53,55-59,61-62,64-67,69-73,81-82,85-89H,2-3,12-13,19-23,25-26,28,30-31,33-36,38-43H2,1H3. The lowest BCUT2D eigenvalue weighted by Crippen LogP contribution is -2.88. The van der Waals surface area contributed by atoms with E-state index >= 15 is 20.1 Å². The number of carbonyl (C=O) groups excluding carboxylic acids is 2. The molecule has 16 bridgehead atoms. The summed E-state index contributed by atoms with van der Waals surface area (Å²) >= 11 is 0. The number of aliphatic hydroxyl groups excluding tert-OH is 3. The number of nitrogens with one attached hydrogen (secondary N) is 1. The fourth-order valence-corrected chi connectivity index (χ4v) is 27.5. The fourth-order valence-electron chi connectivity index (χ4n) is 27.5. The summed E-state index contributed by atoms with van der Waals surface area (Å²) in [6.07, 6.45) is 20.3. The molecule has 0 saturated heterocycles. The average molecular weight is 1210 g/mol. The highest BCUT2D eigenvalue weighted by atomic mass is 16.5. The number of carbonyl (C=O) groups is 2. The van der Waals surface area contributed by atoms with Crippen LogP contribution >= 0.6 is 0 Å². The number of rotatable bonds is 4. The molecule has 26 atom stereocenters. The number of esters is 1. The molecule has 3 spiro atoms. The summed E-state index contributed by atoms with van der Waals surface area (Å²) in [5.41, 5.74) is -2.37. The van der Waals surface area contributed by atoms with Crippen LogP contribution in [0.1, 0.15) is 173 Å². The molecular weight excluding hydrogens is 1120 g/mol. The summed E-state index contributed by atoms with van der Waals surface area (Å²) in [4.78, 5) is 30.7. The lowest BCUT2D eigenvalue weighted by Gasteiger charge is -2.76. The van der Waals surface area contributed by atoms with Gasteiger partial charge in [-0.15, -0.1) is 5.92 Å². The van der Waals surface area contributed by atoms with E-state index in [0.717, 1.165) is 92.8 Å². The van der Waals surface area contributed by atoms with Crippen molar-refractivity contribution in [2.24, 2.45) is 110 Å². The third kappa shape index (κ3) is 7.57. The maximum Gasteiger partial charge on any atom is 0.331 e. The van der Waals surface area contributed by atoms with Crippen LogP contribution in [0.15, 0.2) is 90.5 Å². The number of aldehydes is 1. The van der Waals surface area contributed by atoms with Gasteiger partial charge < -0.3 is 45.5 Å². The van der Waals surface area contributed by atoms with Crippen molar-refractivity contribution < 1.29 is 45.0 Å². The Hall–Kier alpha value is -4.88. The Morgan fingerprint density at radius 3 is 2.40 bits per heavy atom. The Bertz CT molecular complexity index is 3670. The molecule has 10 saturated carbocycles. The first-order valence-electron chi connectivity index (χ1n) is 35.8. The van der Waals surface area contributed by atoms with E-state index in [1.807, 2.05) is 19.2 Å². The minimum atomic E-state index is -2.41. The summed E-state index contributed by atoms with van der Waals surface area (Å²) in [6.45, 7) is -0.153. The van der Waals surface area contributed by atoms with Crippen LogP contribution < -0.4 is 5.32 Å². The first kappa shape index (κ1) is 57.8. The van der Waals surface area contributed by atoms with Crippen LogP contribution in [-0.2, 0) is 40.2 Å². The largest absolute Gasteiger partial charge is 0.454 e. The predicted molar refractivity (Wildman–Crippen MR) is 340 cm³/mol. The summed E-state index contributed by atoms with van der Waals surface area (Å²) in [5.74, 6) is 12.1. The van der Waals surface area contributed by atoms with E-state index in [9.17, 15) is 20.1 Å². The number of benzene rings is 3. The molecule has 19 rings (SSSR count). The molecule has 26 unspecified atom stereocenters. The molecule has 0 amide bonds. The number of allylic oxidation sites excluding steroid dienone is 2. The molecule has 0 radical (unpaired) electrons. The van der Waals surface area contributed by atoms with Crippen LogP contribution in [-0.4, -0.2) is 91.1 Å². The molecule has 3 aromatic rings. The zero-order chi connectivity index (χ0) is 61.1. The van der Waals surface area contributed by atoms with Crippen LogP contribution in [0, 0.1) is 134 Å². The van der Waals surface area contributed by atoms with Gasteiger partial charge in [-0.25, -0.2) is 4.79 Å². The first-order valence-corrected chi connectivity index (χ1v) is 35.8. The van der Waals surface area contributed by atoms with E-state index in [2.05, 4.69) is 95.7 Å². The van der Waals surface area contributed by atoms with Crippen molar-refractivity contribution in [1.82, 2.24) is 5.32 Å². The van der Waals surface area contributed by atoms with Crippen molar-refractivity contribution in [2.75, 3.05) is 7.05 Å². The number of aliphatic hydroxyl groups is 6. The maximum absolute atomic E-state index is 16.2. The Morgan fingerprint density at radius 1 is 0.756 bits per heavy atom. The highest BCUT2D eigenvalue weighted by Gasteiger charge is 2.89. The second-order valence-electron chi connectivity index (χ2n) is 33.3. The first-order chi connectivity index (χ1) is 43.6. The molecule has 1 heterocycles. The van der Waals surface area contributed by atoms with Crippen LogP contribution in [0.4, 0.5) is 0 Å². The van der Waals surface area contributed by atoms with E-state index in [1.54, 1.807) is 6.08 Å². The quantitative estimate of drug-likeness (QED) is 0.0576.